The smallest absolute Gasteiger partial charge is 0.333 e. The molecule has 0 saturated carbocycles. The molecule has 3 heteroatoms. The Morgan fingerprint density at radius 1 is 1.40 bits per heavy atom. The maximum absolute atomic E-state index is 11.4. The van der Waals surface area contributed by atoms with Crippen molar-refractivity contribution >= 4 is 12.0 Å². The lowest BCUT2D eigenvalue weighted by Crippen LogP contribution is -2.04. The number of esters is 1. The number of methoxy groups -OCH3 is 1. The molecular formula is C17H17NO2. The van der Waals surface area contributed by atoms with E-state index in [0.717, 1.165) is 11.1 Å². The number of rotatable bonds is 5. The SMILES string of the molecule is C=C(CC(C=C(C)C#N)=Cc1ccccc1)C(=O)OC. The van der Waals surface area contributed by atoms with Gasteiger partial charge < -0.3 is 4.74 Å². The number of allylic oxidation sites excluding steroid dienone is 3. The number of benzene rings is 1. The van der Waals surface area contributed by atoms with E-state index in [1.54, 1.807) is 13.0 Å². The fraction of sp³-hybridized carbons (Fsp3) is 0.176. The van der Waals surface area contributed by atoms with Crippen LogP contribution in [0.25, 0.3) is 6.08 Å². The maximum Gasteiger partial charge on any atom is 0.333 e. The van der Waals surface area contributed by atoms with Crippen LogP contribution in [-0.2, 0) is 9.53 Å². The quantitative estimate of drug-likeness (QED) is 0.354. The zero-order valence-corrected chi connectivity index (χ0v) is 11.7. The first kappa shape index (κ1) is 15.5. The summed E-state index contributed by atoms with van der Waals surface area (Å²) in [5.74, 6) is -0.438. The van der Waals surface area contributed by atoms with E-state index in [1.807, 2.05) is 36.4 Å². The van der Waals surface area contributed by atoms with Crippen molar-refractivity contribution in [2.24, 2.45) is 0 Å². The number of nitriles is 1. The van der Waals surface area contributed by atoms with Gasteiger partial charge in [-0.15, -0.1) is 0 Å². The zero-order valence-electron chi connectivity index (χ0n) is 11.7. The molecule has 3 nitrogen and oxygen atoms in total. The maximum atomic E-state index is 11.4. The summed E-state index contributed by atoms with van der Waals surface area (Å²) >= 11 is 0. The highest BCUT2D eigenvalue weighted by atomic mass is 16.5. The first-order valence-corrected chi connectivity index (χ1v) is 6.17. The molecule has 0 aliphatic carbocycles. The first-order chi connectivity index (χ1) is 9.56. The van der Waals surface area contributed by atoms with E-state index in [1.165, 1.54) is 7.11 Å². The van der Waals surface area contributed by atoms with Gasteiger partial charge in [0.25, 0.3) is 0 Å². The molecule has 0 unspecified atom stereocenters. The molecule has 1 rings (SSSR count). The Morgan fingerprint density at radius 2 is 2.05 bits per heavy atom. The van der Waals surface area contributed by atoms with Crippen molar-refractivity contribution in [3.05, 3.63) is 65.3 Å². The molecule has 0 aliphatic heterocycles. The van der Waals surface area contributed by atoms with Crippen LogP contribution in [0, 0.1) is 11.3 Å². The van der Waals surface area contributed by atoms with E-state index >= 15 is 0 Å². The van der Waals surface area contributed by atoms with Crippen molar-refractivity contribution in [2.75, 3.05) is 7.11 Å². The molecule has 1 aromatic carbocycles. The normalized spacial score (nSPS) is 11.7. The molecule has 0 aromatic heterocycles. The summed E-state index contributed by atoms with van der Waals surface area (Å²) in [6, 6.07) is 11.8. The van der Waals surface area contributed by atoms with Crippen LogP contribution in [0.4, 0.5) is 0 Å². The van der Waals surface area contributed by atoms with Gasteiger partial charge in [0.05, 0.1) is 13.2 Å². The molecule has 0 atom stereocenters. The second-order valence-electron chi connectivity index (χ2n) is 4.34. The number of hydrogen-bond acceptors (Lipinski definition) is 3. The molecule has 0 N–H and O–H groups in total. The summed E-state index contributed by atoms with van der Waals surface area (Å²) in [7, 11) is 1.32. The summed E-state index contributed by atoms with van der Waals surface area (Å²) in [6.45, 7) is 5.43. The molecule has 0 saturated heterocycles. The molecule has 0 radical (unpaired) electrons. The lowest BCUT2D eigenvalue weighted by atomic mass is 10.0. The number of carbonyl (C=O) groups is 1. The summed E-state index contributed by atoms with van der Waals surface area (Å²) in [5, 5.41) is 8.88. The van der Waals surface area contributed by atoms with Gasteiger partial charge in [-0.3, -0.25) is 0 Å². The van der Waals surface area contributed by atoms with Gasteiger partial charge in [-0.1, -0.05) is 43.0 Å². The van der Waals surface area contributed by atoms with Crippen LogP contribution in [0.5, 0.6) is 0 Å². The van der Waals surface area contributed by atoms with Gasteiger partial charge in [0.15, 0.2) is 0 Å². The molecule has 0 aliphatic rings. The number of nitrogens with zero attached hydrogens (tertiary/aromatic N) is 1. The number of carbonyl (C=O) groups excluding carboxylic acids is 1. The van der Waals surface area contributed by atoms with Gasteiger partial charge in [0.1, 0.15) is 0 Å². The Kier molecular flexibility index (Phi) is 5.99. The van der Waals surface area contributed by atoms with E-state index in [2.05, 4.69) is 17.4 Å². The lowest BCUT2D eigenvalue weighted by Gasteiger charge is -2.06. The molecule has 0 heterocycles. The Balaban J connectivity index is 3.04. The van der Waals surface area contributed by atoms with E-state index in [0.29, 0.717) is 17.6 Å². The van der Waals surface area contributed by atoms with Crippen molar-refractivity contribution in [2.45, 2.75) is 13.3 Å². The molecular weight excluding hydrogens is 250 g/mol. The third-order valence-corrected chi connectivity index (χ3v) is 2.62. The monoisotopic (exact) mass is 267 g/mol. The molecule has 0 amide bonds. The van der Waals surface area contributed by atoms with Gasteiger partial charge in [0.2, 0.25) is 0 Å². The minimum absolute atomic E-state index is 0.348. The third kappa shape index (κ3) is 4.95. The third-order valence-electron chi connectivity index (χ3n) is 2.62. The minimum atomic E-state index is -0.438. The fourth-order valence-corrected chi connectivity index (χ4v) is 1.68. The average molecular weight is 267 g/mol. The summed E-state index contributed by atoms with van der Waals surface area (Å²) in [5.41, 5.74) is 2.77. The Morgan fingerprint density at radius 3 is 2.60 bits per heavy atom. The largest absolute Gasteiger partial charge is 0.466 e. The first-order valence-electron chi connectivity index (χ1n) is 6.17. The zero-order chi connectivity index (χ0) is 15.0. The highest BCUT2D eigenvalue weighted by Crippen LogP contribution is 2.17. The van der Waals surface area contributed by atoms with Crippen LogP contribution < -0.4 is 0 Å². The van der Waals surface area contributed by atoms with E-state index in [9.17, 15) is 4.79 Å². The van der Waals surface area contributed by atoms with Crippen LogP contribution in [-0.4, -0.2) is 13.1 Å². The Labute approximate surface area is 119 Å². The molecule has 0 fully saturated rings. The molecule has 1 aromatic rings. The molecule has 0 spiro atoms. The topological polar surface area (TPSA) is 50.1 Å². The van der Waals surface area contributed by atoms with E-state index < -0.39 is 5.97 Å². The Hall–Kier alpha value is -2.60. The Bertz CT molecular complexity index is 589. The van der Waals surface area contributed by atoms with Gasteiger partial charge in [0, 0.05) is 17.6 Å². The van der Waals surface area contributed by atoms with Crippen molar-refractivity contribution in [3.8, 4) is 6.07 Å². The number of ether oxygens (including phenoxy) is 1. The van der Waals surface area contributed by atoms with Gasteiger partial charge in [-0.25, -0.2) is 4.79 Å². The van der Waals surface area contributed by atoms with Gasteiger partial charge in [-0.05, 0) is 24.1 Å². The molecule has 20 heavy (non-hydrogen) atoms. The lowest BCUT2D eigenvalue weighted by molar-refractivity contribution is -0.136. The van der Waals surface area contributed by atoms with Gasteiger partial charge in [-0.2, -0.15) is 5.26 Å². The fourth-order valence-electron chi connectivity index (χ4n) is 1.68. The van der Waals surface area contributed by atoms with Crippen LogP contribution in [0.15, 0.2) is 59.7 Å². The molecule has 0 bridgehead atoms. The van der Waals surface area contributed by atoms with Crippen LogP contribution in [0.1, 0.15) is 18.9 Å². The van der Waals surface area contributed by atoms with Crippen molar-refractivity contribution in [1.82, 2.24) is 0 Å². The van der Waals surface area contributed by atoms with E-state index in [-0.39, 0.29) is 0 Å². The van der Waals surface area contributed by atoms with Gasteiger partial charge >= 0.3 is 5.97 Å². The summed E-state index contributed by atoms with van der Waals surface area (Å²) in [6.07, 6.45) is 4.02. The van der Waals surface area contributed by atoms with Crippen LogP contribution >= 0.6 is 0 Å². The summed E-state index contributed by atoms with van der Waals surface area (Å²) in [4.78, 5) is 11.4. The highest BCUT2D eigenvalue weighted by Gasteiger charge is 2.08. The average Bonchev–Trinajstić information content (AvgIpc) is 2.47. The summed E-state index contributed by atoms with van der Waals surface area (Å²) < 4.78 is 4.64. The predicted octanol–water partition coefficient (Wildman–Crippen LogP) is 3.66. The van der Waals surface area contributed by atoms with Crippen molar-refractivity contribution in [1.29, 1.82) is 5.26 Å². The second kappa shape index (κ2) is 7.75. The minimum Gasteiger partial charge on any atom is -0.466 e. The van der Waals surface area contributed by atoms with Crippen LogP contribution in [0.2, 0.25) is 0 Å². The molecule has 102 valence electrons. The van der Waals surface area contributed by atoms with Crippen LogP contribution in [0.3, 0.4) is 0 Å². The second-order valence-corrected chi connectivity index (χ2v) is 4.34. The standard InChI is InChI=1S/C17H17NO2/c1-13(12-18)9-16(10-14(2)17(19)20-3)11-15-7-5-4-6-8-15/h4-9,11H,2,10H2,1,3H3. The number of hydrogen-bond donors (Lipinski definition) is 0. The predicted molar refractivity (Wildman–Crippen MR) is 79.6 cm³/mol. The van der Waals surface area contributed by atoms with Crippen molar-refractivity contribution in [3.63, 3.8) is 0 Å². The highest BCUT2D eigenvalue weighted by molar-refractivity contribution is 5.88. The van der Waals surface area contributed by atoms with Crippen molar-refractivity contribution < 1.29 is 9.53 Å². The van der Waals surface area contributed by atoms with E-state index in [4.69, 9.17) is 5.26 Å².